The van der Waals surface area contributed by atoms with Crippen molar-refractivity contribution in [3.05, 3.63) is 46.8 Å². The summed E-state index contributed by atoms with van der Waals surface area (Å²) in [5.41, 5.74) is 1.32. The number of hydrogen-bond donors (Lipinski definition) is 2. The second-order valence-electron chi connectivity index (χ2n) is 5.57. The van der Waals surface area contributed by atoms with Gasteiger partial charge in [0, 0.05) is 18.3 Å². The number of amides is 2. The Morgan fingerprint density at radius 3 is 2.42 bits per heavy atom. The van der Waals surface area contributed by atoms with E-state index in [-0.39, 0.29) is 5.69 Å². The molecular formula is C16H19F3N4O. The summed E-state index contributed by atoms with van der Waals surface area (Å²) in [5, 5.41) is 9.18. The van der Waals surface area contributed by atoms with Gasteiger partial charge in [-0.2, -0.15) is 18.3 Å². The van der Waals surface area contributed by atoms with E-state index in [1.807, 2.05) is 13.8 Å². The molecule has 2 rings (SSSR count). The molecule has 5 nitrogen and oxygen atoms in total. The molecule has 24 heavy (non-hydrogen) atoms. The van der Waals surface area contributed by atoms with Gasteiger partial charge in [-0.25, -0.2) is 4.79 Å². The van der Waals surface area contributed by atoms with Crippen LogP contribution in [0.3, 0.4) is 0 Å². The average molecular weight is 340 g/mol. The van der Waals surface area contributed by atoms with Gasteiger partial charge in [-0.05, 0) is 32.9 Å². The quantitative estimate of drug-likeness (QED) is 0.889. The fourth-order valence-electron chi connectivity index (χ4n) is 2.68. The number of urea groups is 1. The first-order valence-corrected chi connectivity index (χ1v) is 7.35. The predicted molar refractivity (Wildman–Crippen MR) is 84.7 cm³/mol. The number of anilines is 1. The molecule has 8 heteroatoms. The molecule has 0 unspecified atom stereocenters. The molecule has 1 heterocycles. The summed E-state index contributed by atoms with van der Waals surface area (Å²) in [4.78, 5) is 12.1. The zero-order valence-corrected chi connectivity index (χ0v) is 13.8. The van der Waals surface area contributed by atoms with Crippen molar-refractivity contribution in [2.45, 2.75) is 33.0 Å². The number of nitrogens with zero attached hydrogens (tertiary/aromatic N) is 2. The molecule has 1 atom stereocenters. The lowest BCUT2D eigenvalue weighted by atomic mass is 10.1. The van der Waals surface area contributed by atoms with Crippen molar-refractivity contribution in [1.29, 1.82) is 0 Å². The summed E-state index contributed by atoms with van der Waals surface area (Å²) in [6, 6.07) is 3.75. The van der Waals surface area contributed by atoms with Gasteiger partial charge in [0.15, 0.2) is 0 Å². The number of alkyl halides is 3. The van der Waals surface area contributed by atoms with E-state index in [1.54, 1.807) is 18.7 Å². The Hall–Kier alpha value is -2.51. The van der Waals surface area contributed by atoms with Crippen molar-refractivity contribution in [2.24, 2.45) is 7.05 Å². The van der Waals surface area contributed by atoms with Crippen LogP contribution in [0.5, 0.6) is 0 Å². The SMILES string of the molecule is Cc1nn(C)c(C)c1[C@H](C)NC(=O)Nc1ccccc1C(F)(F)F. The third kappa shape index (κ3) is 3.69. The summed E-state index contributed by atoms with van der Waals surface area (Å²) < 4.78 is 40.6. The molecule has 0 fully saturated rings. The molecule has 2 aromatic rings. The second-order valence-corrected chi connectivity index (χ2v) is 5.57. The Morgan fingerprint density at radius 1 is 1.25 bits per heavy atom. The van der Waals surface area contributed by atoms with Crippen molar-refractivity contribution in [3.8, 4) is 0 Å². The molecule has 0 radical (unpaired) electrons. The van der Waals surface area contributed by atoms with Gasteiger partial charge in [0.05, 0.1) is 23.0 Å². The van der Waals surface area contributed by atoms with Gasteiger partial charge in [0.2, 0.25) is 0 Å². The normalized spacial score (nSPS) is 12.8. The van der Waals surface area contributed by atoms with Gasteiger partial charge >= 0.3 is 12.2 Å². The number of halogens is 3. The second kappa shape index (κ2) is 6.54. The van der Waals surface area contributed by atoms with Crippen molar-refractivity contribution in [2.75, 3.05) is 5.32 Å². The number of carbonyl (C=O) groups excluding carboxylic acids is 1. The summed E-state index contributed by atoms with van der Waals surface area (Å²) in [6.07, 6.45) is -4.54. The smallest absolute Gasteiger partial charge is 0.331 e. The van der Waals surface area contributed by atoms with E-state index in [9.17, 15) is 18.0 Å². The van der Waals surface area contributed by atoms with Gasteiger partial charge in [-0.15, -0.1) is 0 Å². The minimum Gasteiger partial charge on any atom is -0.331 e. The van der Waals surface area contributed by atoms with Gasteiger partial charge in [0.1, 0.15) is 0 Å². The van der Waals surface area contributed by atoms with Crippen molar-refractivity contribution < 1.29 is 18.0 Å². The topological polar surface area (TPSA) is 59.0 Å². The average Bonchev–Trinajstić information content (AvgIpc) is 2.71. The van der Waals surface area contributed by atoms with Gasteiger partial charge < -0.3 is 10.6 Å². The molecule has 0 aliphatic rings. The third-order valence-corrected chi connectivity index (χ3v) is 3.83. The van der Waals surface area contributed by atoms with Crippen LogP contribution in [0.25, 0.3) is 0 Å². The number of para-hydroxylation sites is 1. The molecule has 0 saturated heterocycles. The van der Waals surface area contributed by atoms with Crippen LogP contribution in [0.4, 0.5) is 23.7 Å². The van der Waals surface area contributed by atoms with Crippen LogP contribution in [0, 0.1) is 13.8 Å². The van der Waals surface area contributed by atoms with Crippen LogP contribution in [-0.2, 0) is 13.2 Å². The number of benzene rings is 1. The maximum atomic E-state index is 13.0. The first-order valence-electron chi connectivity index (χ1n) is 7.35. The molecular weight excluding hydrogens is 321 g/mol. The maximum Gasteiger partial charge on any atom is 0.418 e. The van der Waals surface area contributed by atoms with Crippen LogP contribution >= 0.6 is 0 Å². The molecule has 130 valence electrons. The molecule has 0 bridgehead atoms. The van der Waals surface area contributed by atoms with Crippen LogP contribution in [0.15, 0.2) is 24.3 Å². The third-order valence-electron chi connectivity index (χ3n) is 3.83. The number of rotatable bonds is 3. The molecule has 0 aliphatic heterocycles. The van der Waals surface area contributed by atoms with Gasteiger partial charge in [0.25, 0.3) is 0 Å². The summed E-state index contributed by atoms with van der Waals surface area (Å²) in [7, 11) is 1.79. The van der Waals surface area contributed by atoms with Crippen molar-refractivity contribution in [1.82, 2.24) is 15.1 Å². The highest BCUT2D eigenvalue weighted by atomic mass is 19.4. The van der Waals surface area contributed by atoms with E-state index in [2.05, 4.69) is 15.7 Å². The molecule has 0 aliphatic carbocycles. The Bertz CT molecular complexity index is 752. The standard InChI is InChI=1S/C16H19F3N4O/c1-9(14-10(2)22-23(4)11(14)3)20-15(24)21-13-8-6-5-7-12(13)16(17,18)19/h5-9H,1-4H3,(H2,20,21,24)/t9-/m0/s1. The van der Waals surface area contributed by atoms with Crippen LogP contribution in [-0.4, -0.2) is 15.8 Å². The number of carbonyl (C=O) groups is 1. The zero-order chi connectivity index (χ0) is 18.1. The zero-order valence-electron chi connectivity index (χ0n) is 13.8. The van der Waals surface area contributed by atoms with E-state index >= 15 is 0 Å². The summed E-state index contributed by atoms with van der Waals surface area (Å²) in [5.74, 6) is 0. The minimum atomic E-state index is -4.54. The Labute approximate surface area is 137 Å². The largest absolute Gasteiger partial charge is 0.418 e. The Balaban J connectivity index is 2.15. The molecule has 2 amide bonds. The molecule has 0 saturated carbocycles. The lowest BCUT2D eigenvalue weighted by molar-refractivity contribution is -0.136. The van der Waals surface area contributed by atoms with Gasteiger partial charge in [-0.3, -0.25) is 4.68 Å². The van der Waals surface area contributed by atoms with Crippen LogP contribution in [0.2, 0.25) is 0 Å². The fraction of sp³-hybridized carbons (Fsp3) is 0.375. The highest BCUT2D eigenvalue weighted by molar-refractivity contribution is 5.90. The van der Waals surface area contributed by atoms with Gasteiger partial charge in [-0.1, -0.05) is 12.1 Å². The van der Waals surface area contributed by atoms with E-state index in [0.29, 0.717) is 0 Å². The van der Waals surface area contributed by atoms with E-state index in [4.69, 9.17) is 0 Å². The lowest BCUT2D eigenvalue weighted by Crippen LogP contribution is -2.32. The lowest BCUT2D eigenvalue weighted by Gasteiger charge is -2.17. The number of aromatic nitrogens is 2. The Morgan fingerprint density at radius 2 is 1.88 bits per heavy atom. The Kier molecular flexibility index (Phi) is 4.86. The van der Waals surface area contributed by atoms with E-state index in [0.717, 1.165) is 23.0 Å². The highest BCUT2D eigenvalue weighted by Gasteiger charge is 2.33. The monoisotopic (exact) mass is 340 g/mol. The van der Waals surface area contributed by atoms with Crippen molar-refractivity contribution in [3.63, 3.8) is 0 Å². The van der Waals surface area contributed by atoms with Crippen LogP contribution in [0.1, 0.15) is 35.5 Å². The molecule has 1 aromatic heterocycles. The summed E-state index contributed by atoms with van der Waals surface area (Å²) in [6.45, 7) is 5.44. The van der Waals surface area contributed by atoms with E-state index in [1.165, 1.54) is 18.2 Å². The number of aryl methyl sites for hydroxylation is 2. The molecule has 2 N–H and O–H groups in total. The van der Waals surface area contributed by atoms with Crippen LogP contribution < -0.4 is 10.6 Å². The highest BCUT2D eigenvalue weighted by Crippen LogP contribution is 2.34. The predicted octanol–water partition coefficient (Wildman–Crippen LogP) is 3.94. The molecule has 0 spiro atoms. The minimum absolute atomic E-state index is 0.283. The fourth-order valence-corrected chi connectivity index (χ4v) is 2.68. The first kappa shape index (κ1) is 17.8. The number of hydrogen-bond acceptors (Lipinski definition) is 2. The maximum absolute atomic E-state index is 13.0. The van der Waals surface area contributed by atoms with E-state index < -0.39 is 23.8 Å². The summed E-state index contributed by atoms with van der Waals surface area (Å²) >= 11 is 0. The molecule has 1 aromatic carbocycles. The number of nitrogens with one attached hydrogen (secondary N) is 2. The van der Waals surface area contributed by atoms with Crippen molar-refractivity contribution >= 4 is 11.7 Å². The first-order chi connectivity index (χ1) is 11.1.